The van der Waals surface area contributed by atoms with Gasteiger partial charge in [0.15, 0.2) is 5.60 Å². The molecular formula is C17H21NO5. The zero-order valence-electron chi connectivity index (χ0n) is 12.9. The maximum atomic E-state index is 12.5. The minimum Gasteiger partial charge on any atom is -0.481 e. The van der Waals surface area contributed by atoms with Crippen molar-refractivity contribution in [1.29, 1.82) is 0 Å². The number of rotatable bonds is 6. The normalized spacial score (nSPS) is 21.2. The lowest BCUT2D eigenvalue weighted by atomic mass is 9.80. The zero-order valence-corrected chi connectivity index (χ0v) is 12.9. The monoisotopic (exact) mass is 319 g/mol. The molecule has 1 saturated carbocycles. The second-order valence-electron chi connectivity index (χ2n) is 6.29. The first-order valence-electron chi connectivity index (χ1n) is 7.90. The van der Waals surface area contributed by atoms with Crippen molar-refractivity contribution in [2.75, 3.05) is 19.8 Å². The van der Waals surface area contributed by atoms with Crippen molar-refractivity contribution in [2.45, 2.75) is 31.3 Å². The van der Waals surface area contributed by atoms with E-state index in [4.69, 9.17) is 9.47 Å². The van der Waals surface area contributed by atoms with E-state index in [1.54, 1.807) is 0 Å². The van der Waals surface area contributed by atoms with Gasteiger partial charge >= 0.3 is 5.97 Å². The predicted molar refractivity (Wildman–Crippen MR) is 82.2 cm³/mol. The summed E-state index contributed by atoms with van der Waals surface area (Å²) >= 11 is 0. The van der Waals surface area contributed by atoms with Gasteiger partial charge in [-0.3, -0.25) is 9.59 Å². The maximum absolute atomic E-state index is 12.5. The van der Waals surface area contributed by atoms with Crippen LogP contribution >= 0.6 is 0 Å². The summed E-state index contributed by atoms with van der Waals surface area (Å²) in [4.78, 5) is 24.1. The summed E-state index contributed by atoms with van der Waals surface area (Å²) < 4.78 is 11.1. The average molecular weight is 319 g/mol. The van der Waals surface area contributed by atoms with Gasteiger partial charge in [0, 0.05) is 32.6 Å². The molecule has 1 aliphatic carbocycles. The Hall–Kier alpha value is -2.08. The van der Waals surface area contributed by atoms with Crippen LogP contribution in [-0.4, -0.2) is 42.3 Å². The van der Waals surface area contributed by atoms with Gasteiger partial charge in [0.25, 0.3) is 5.91 Å². The molecule has 2 aliphatic rings. The number of amides is 1. The second kappa shape index (κ2) is 6.20. The van der Waals surface area contributed by atoms with Gasteiger partial charge in [-0.15, -0.1) is 0 Å². The van der Waals surface area contributed by atoms with Gasteiger partial charge in [-0.05, 0) is 25.0 Å². The molecule has 6 nitrogen and oxygen atoms in total. The Morgan fingerprint density at radius 2 is 1.78 bits per heavy atom. The highest BCUT2D eigenvalue weighted by atomic mass is 16.5. The molecule has 0 spiro atoms. The number of hydrogen-bond donors (Lipinski definition) is 2. The Labute approximate surface area is 134 Å². The Morgan fingerprint density at radius 3 is 2.35 bits per heavy atom. The molecule has 1 aliphatic heterocycles. The fourth-order valence-electron chi connectivity index (χ4n) is 2.84. The van der Waals surface area contributed by atoms with Crippen LogP contribution in [0.1, 0.15) is 25.7 Å². The number of benzene rings is 1. The number of carboxylic acids is 1. The molecule has 3 rings (SSSR count). The summed E-state index contributed by atoms with van der Waals surface area (Å²) in [7, 11) is 0. The van der Waals surface area contributed by atoms with Crippen LogP contribution in [0.25, 0.3) is 0 Å². The first kappa shape index (κ1) is 15.8. The summed E-state index contributed by atoms with van der Waals surface area (Å²) in [6.07, 6.45) is 2.12. The Kier molecular flexibility index (Phi) is 4.26. The third-order valence-corrected chi connectivity index (χ3v) is 4.67. The van der Waals surface area contributed by atoms with E-state index in [9.17, 15) is 14.7 Å². The minimum atomic E-state index is -0.934. The van der Waals surface area contributed by atoms with Gasteiger partial charge < -0.3 is 19.9 Å². The highest BCUT2D eigenvalue weighted by Crippen LogP contribution is 2.41. The van der Waals surface area contributed by atoms with Crippen LogP contribution in [0.15, 0.2) is 30.3 Å². The molecule has 1 amide bonds. The largest absolute Gasteiger partial charge is 0.481 e. The zero-order chi connectivity index (χ0) is 16.3. The van der Waals surface area contributed by atoms with Gasteiger partial charge in [0.1, 0.15) is 5.75 Å². The molecular weight excluding hydrogens is 298 g/mol. The van der Waals surface area contributed by atoms with Crippen LogP contribution in [0.3, 0.4) is 0 Å². The molecule has 1 saturated heterocycles. The van der Waals surface area contributed by atoms with Crippen molar-refractivity contribution in [3.05, 3.63) is 30.3 Å². The number of para-hydroxylation sites is 1. The number of nitrogens with one attached hydrogen (secondary N) is 1. The van der Waals surface area contributed by atoms with E-state index in [-0.39, 0.29) is 12.5 Å². The molecule has 1 aromatic carbocycles. The van der Waals surface area contributed by atoms with E-state index < -0.39 is 17.0 Å². The smallest absolute Gasteiger partial charge is 0.311 e. The van der Waals surface area contributed by atoms with E-state index in [0.717, 1.165) is 0 Å². The summed E-state index contributed by atoms with van der Waals surface area (Å²) in [5.74, 6) is -0.456. The number of carboxylic acid groups (broad SMARTS) is 1. The molecule has 0 radical (unpaired) electrons. The van der Waals surface area contributed by atoms with Gasteiger partial charge in [-0.2, -0.15) is 0 Å². The third kappa shape index (κ3) is 3.32. The van der Waals surface area contributed by atoms with Gasteiger partial charge in [-0.1, -0.05) is 18.2 Å². The molecule has 2 fully saturated rings. The molecule has 124 valence electrons. The van der Waals surface area contributed by atoms with Crippen LogP contribution in [0, 0.1) is 5.41 Å². The molecule has 23 heavy (non-hydrogen) atoms. The van der Waals surface area contributed by atoms with E-state index >= 15 is 0 Å². The van der Waals surface area contributed by atoms with Gasteiger partial charge in [-0.25, -0.2) is 0 Å². The Bertz CT molecular complexity index is 576. The summed E-state index contributed by atoms with van der Waals surface area (Å²) in [5.41, 5.74) is -1.77. The molecule has 0 aromatic heterocycles. The van der Waals surface area contributed by atoms with E-state index in [1.807, 2.05) is 30.3 Å². The van der Waals surface area contributed by atoms with Crippen LogP contribution in [-0.2, 0) is 14.3 Å². The van der Waals surface area contributed by atoms with E-state index in [2.05, 4.69) is 5.32 Å². The topological polar surface area (TPSA) is 84.9 Å². The van der Waals surface area contributed by atoms with Crippen molar-refractivity contribution in [2.24, 2.45) is 5.41 Å². The molecule has 1 aromatic rings. The van der Waals surface area contributed by atoms with Crippen molar-refractivity contribution < 1.29 is 24.2 Å². The summed E-state index contributed by atoms with van der Waals surface area (Å²) in [5, 5.41) is 12.3. The summed E-state index contributed by atoms with van der Waals surface area (Å²) in [6, 6.07) is 9.21. The van der Waals surface area contributed by atoms with Crippen molar-refractivity contribution in [3.8, 4) is 5.75 Å². The van der Waals surface area contributed by atoms with Crippen molar-refractivity contribution in [1.82, 2.24) is 5.32 Å². The van der Waals surface area contributed by atoms with Crippen LogP contribution < -0.4 is 10.1 Å². The SMILES string of the molecule is O=C(O)C1(CNC(=O)C2(Oc3ccccc3)CC2)CCOCC1. The highest BCUT2D eigenvalue weighted by Gasteiger charge is 2.53. The van der Waals surface area contributed by atoms with Gasteiger partial charge in [0.2, 0.25) is 0 Å². The molecule has 0 atom stereocenters. The second-order valence-corrected chi connectivity index (χ2v) is 6.29. The fraction of sp³-hybridized carbons (Fsp3) is 0.529. The van der Waals surface area contributed by atoms with Crippen molar-refractivity contribution in [3.63, 3.8) is 0 Å². The molecule has 6 heteroatoms. The Balaban J connectivity index is 1.61. The van der Waals surface area contributed by atoms with E-state index in [1.165, 1.54) is 0 Å². The average Bonchev–Trinajstić information content (AvgIpc) is 3.35. The first-order chi connectivity index (χ1) is 11.1. The molecule has 0 unspecified atom stereocenters. The van der Waals surface area contributed by atoms with Crippen LogP contribution in [0.4, 0.5) is 0 Å². The highest BCUT2D eigenvalue weighted by molar-refractivity contribution is 5.89. The molecule has 1 heterocycles. The quantitative estimate of drug-likeness (QED) is 0.832. The summed E-state index contributed by atoms with van der Waals surface area (Å²) in [6.45, 7) is 0.937. The van der Waals surface area contributed by atoms with Crippen molar-refractivity contribution >= 4 is 11.9 Å². The lowest BCUT2D eigenvalue weighted by Crippen LogP contribution is -2.50. The number of carbonyl (C=O) groups is 2. The number of ether oxygens (including phenoxy) is 2. The minimum absolute atomic E-state index is 0.116. The maximum Gasteiger partial charge on any atom is 0.311 e. The lowest BCUT2D eigenvalue weighted by molar-refractivity contribution is -0.155. The molecule has 2 N–H and O–H groups in total. The Morgan fingerprint density at radius 1 is 1.13 bits per heavy atom. The predicted octanol–water partition coefficient (Wildman–Crippen LogP) is 1.60. The molecule has 0 bridgehead atoms. The number of carbonyl (C=O) groups excluding carboxylic acids is 1. The van der Waals surface area contributed by atoms with Crippen LogP contribution in [0.2, 0.25) is 0 Å². The number of hydrogen-bond acceptors (Lipinski definition) is 4. The number of aliphatic carboxylic acids is 1. The van der Waals surface area contributed by atoms with Crippen LogP contribution in [0.5, 0.6) is 5.75 Å². The van der Waals surface area contributed by atoms with Gasteiger partial charge in [0.05, 0.1) is 5.41 Å². The first-order valence-corrected chi connectivity index (χ1v) is 7.90. The fourth-order valence-corrected chi connectivity index (χ4v) is 2.84. The third-order valence-electron chi connectivity index (χ3n) is 4.67. The lowest BCUT2D eigenvalue weighted by Gasteiger charge is -2.33. The standard InChI is InChI=1S/C17H21NO5/c19-14(17(6-7-17)23-13-4-2-1-3-5-13)18-12-16(15(20)21)8-10-22-11-9-16/h1-5H,6-12H2,(H,18,19)(H,20,21). The van der Waals surface area contributed by atoms with E-state index in [0.29, 0.717) is 44.6 Å².